The first-order valence-corrected chi connectivity index (χ1v) is 9.60. The van der Waals surface area contributed by atoms with Gasteiger partial charge in [-0.05, 0) is 45.8 Å². The van der Waals surface area contributed by atoms with Crippen LogP contribution >= 0.6 is 50.5 Å². The predicted molar refractivity (Wildman–Crippen MR) is 90.4 cm³/mol. The van der Waals surface area contributed by atoms with Gasteiger partial charge in [0.2, 0.25) is 10.0 Å². The second-order valence-electron chi connectivity index (χ2n) is 4.11. The van der Waals surface area contributed by atoms with E-state index in [0.717, 1.165) is 8.66 Å². The van der Waals surface area contributed by atoms with Crippen molar-refractivity contribution in [2.75, 3.05) is 0 Å². The van der Waals surface area contributed by atoms with Gasteiger partial charge in [0.05, 0.1) is 8.81 Å². The summed E-state index contributed by atoms with van der Waals surface area (Å²) in [5.41, 5.74) is 6.03. The van der Waals surface area contributed by atoms with Gasteiger partial charge in [-0.25, -0.2) is 13.1 Å². The van der Waals surface area contributed by atoms with Crippen molar-refractivity contribution in [1.29, 1.82) is 0 Å². The van der Waals surface area contributed by atoms with E-state index in [0.29, 0.717) is 5.56 Å². The largest absolute Gasteiger partial charge is 0.326 e. The number of rotatable bonds is 5. The Kier molecular flexibility index (Phi) is 5.70. The summed E-state index contributed by atoms with van der Waals surface area (Å²) >= 11 is 16.8. The van der Waals surface area contributed by atoms with Crippen LogP contribution in [-0.2, 0) is 23.1 Å². The number of nitrogens with one attached hydrogen (secondary N) is 1. The molecule has 21 heavy (non-hydrogen) atoms. The van der Waals surface area contributed by atoms with E-state index in [1.807, 2.05) is 12.1 Å². The van der Waals surface area contributed by atoms with E-state index in [9.17, 15) is 8.42 Å². The van der Waals surface area contributed by atoms with Gasteiger partial charge in [0.15, 0.2) is 0 Å². The van der Waals surface area contributed by atoms with E-state index in [2.05, 4.69) is 20.7 Å². The summed E-state index contributed by atoms with van der Waals surface area (Å²) in [6.07, 6.45) is 0. The molecule has 0 bridgehead atoms. The molecule has 0 fully saturated rings. The van der Waals surface area contributed by atoms with Crippen LogP contribution in [0.25, 0.3) is 0 Å². The minimum atomic E-state index is -3.77. The topological polar surface area (TPSA) is 72.2 Å². The molecule has 0 aliphatic rings. The fourth-order valence-electron chi connectivity index (χ4n) is 1.65. The maximum Gasteiger partial charge on any atom is 0.242 e. The highest BCUT2D eigenvalue weighted by atomic mass is 79.9. The first-order chi connectivity index (χ1) is 9.83. The lowest BCUT2D eigenvalue weighted by Gasteiger charge is -2.11. The molecule has 9 heteroatoms. The molecule has 4 nitrogen and oxygen atoms in total. The van der Waals surface area contributed by atoms with E-state index in [1.54, 1.807) is 6.07 Å². The van der Waals surface area contributed by atoms with Crippen molar-refractivity contribution in [2.24, 2.45) is 5.73 Å². The molecule has 0 unspecified atom stereocenters. The van der Waals surface area contributed by atoms with Gasteiger partial charge in [0.1, 0.15) is 4.90 Å². The molecule has 0 spiro atoms. The molecular weight excluding hydrogens is 419 g/mol. The Morgan fingerprint density at radius 2 is 2.00 bits per heavy atom. The van der Waals surface area contributed by atoms with Crippen molar-refractivity contribution in [3.05, 3.63) is 48.5 Å². The number of sulfonamides is 1. The lowest BCUT2D eigenvalue weighted by Crippen LogP contribution is -2.23. The Hall–Kier alpha value is -0.150. The van der Waals surface area contributed by atoms with Crippen molar-refractivity contribution in [3.63, 3.8) is 0 Å². The third-order valence-corrected chi connectivity index (χ3v) is 6.48. The summed E-state index contributed by atoms with van der Waals surface area (Å²) in [4.78, 5) is 0.815. The molecule has 0 amide bonds. The predicted octanol–water partition coefficient (Wildman–Crippen LogP) is 3.75. The van der Waals surface area contributed by atoms with Crippen LogP contribution in [0.1, 0.15) is 10.4 Å². The monoisotopic (exact) mass is 428 g/mol. The minimum Gasteiger partial charge on any atom is -0.326 e. The smallest absolute Gasteiger partial charge is 0.242 e. The molecule has 0 radical (unpaired) electrons. The molecular formula is C12H11BrCl2N2O2S2. The summed E-state index contributed by atoms with van der Waals surface area (Å²) in [6, 6.07) is 6.56. The zero-order valence-corrected chi connectivity index (χ0v) is 15.3. The summed E-state index contributed by atoms with van der Waals surface area (Å²) in [5.74, 6) is 0. The van der Waals surface area contributed by atoms with Gasteiger partial charge in [0, 0.05) is 23.0 Å². The second-order valence-corrected chi connectivity index (χ2v) is 9.21. The highest BCUT2D eigenvalue weighted by molar-refractivity contribution is 9.11. The Morgan fingerprint density at radius 1 is 1.29 bits per heavy atom. The molecule has 0 aliphatic heterocycles. The molecule has 114 valence electrons. The van der Waals surface area contributed by atoms with Crippen molar-refractivity contribution in [2.45, 2.75) is 18.0 Å². The first kappa shape index (κ1) is 17.2. The molecule has 3 N–H and O–H groups in total. The average molecular weight is 430 g/mol. The van der Waals surface area contributed by atoms with E-state index in [-0.39, 0.29) is 28.0 Å². The van der Waals surface area contributed by atoms with Crippen LogP contribution in [-0.4, -0.2) is 8.42 Å². The minimum absolute atomic E-state index is 0.0623. The van der Waals surface area contributed by atoms with Gasteiger partial charge >= 0.3 is 0 Å². The normalized spacial score (nSPS) is 11.8. The molecule has 0 atom stereocenters. The Morgan fingerprint density at radius 3 is 2.57 bits per heavy atom. The summed E-state index contributed by atoms with van der Waals surface area (Å²) in [5, 5.41) is 0.376. The maximum absolute atomic E-state index is 12.4. The molecule has 0 saturated heterocycles. The van der Waals surface area contributed by atoms with Crippen LogP contribution in [0.15, 0.2) is 32.9 Å². The standard InChI is InChI=1S/C12H11BrCl2N2O2S2/c13-11-2-1-9(20-11)6-17-21(18,19)10-4-8(14)3-7(5-16)12(10)15/h1-4,17H,5-6,16H2. The SMILES string of the molecule is NCc1cc(Cl)cc(S(=O)(=O)NCc2ccc(Br)s2)c1Cl. The molecule has 1 heterocycles. The van der Waals surface area contributed by atoms with Gasteiger partial charge in [0.25, 0.3) is 0 Å². The lowest BCUT2D eigenvalue weighted by molar-refractivity contribution is 0.581. The number of hydrogen-bond donors (Lipinski definition) is 2. The highest BCUT2D eigenvalue weighted by Gasteiger charge is 2.21. The molecule has 1 aromatic heterocycles. The average Bonchev–Trinajstić information content (AvgIpc) is 2.84. The zero-order valence-electron chi connectivity index (χ0n) is 10.6. The number of halogens is 3. The quantitative estimate of drug-likeness (QED) is 0.759. The zero-order chi connectivity index (χ0) is 15.6. The number of benzene rings is 1. The number of nitrogens with two attached hydrogens (primary N) is 1. The Balaban J connectivity index is 2.29. The summed E-state index contributed by atoms with van der Waals surface area (Å²) < 4.78 is 28.1. The number of thiophene rings is 1. The van der Waals surface area contributed by atoms with Crippen LogP contribution in [0.5, 0.6) is 0 Å². The Labute approximate surface area is 145 Å². The van der Waals surface area contributed by atoms with Gasteiger partial charge in [-0.1, -0.05) is 23.2 Å². The number of hydrogen-bond acceptors (Lipinski definition) is 4. The summed E-state index contributed by atoms with van der Waals surface area (Å²) in [7, 11) is -3.77. The fourth-order valence-corrected chi connectivity index (χ4v) is 5.11. The van der Waals surface area contributed by atoms with E-state index in [1.165, 1.54) is 17.4 Å². The van der Waals surface area contributed by atoms with Gasteiger partial charge < -0.3 is 5.73 Å². The van der Waals surface area contributed by atoms with Crippen molar-refractivity contribution in [1.82, 2.24) is 4.72 Å². The van der Waals surface area contributed by atoms with Gasteiger partial charge in [-0.2, -0.15) is 0 Å². The van der Waals surface area contributed by atoms with Crippen molar-refractivity contribution >= 4 is 60.5 Å². The maximum atomic E-state index is 12.4. The molecule has 1 aromatic carbocycles. The van der Waals surface area contributed by atoms with Crippen LogP contribution in [0.2, 0.25) is 10.0 Å². The van der Waals surface area contributed by atoms with Crippen molar-refractivity contribution in [3.8, 4) is 0 Å². The van der Waals surface area contributed by atoms with Crippen LogP contribution < -0.4 is 10.5 Å². The van der Waals surface area contributed by atoms with Gasteiger partial charge in [-0.3, -0.25) is 0 Å². The van der Waals surface area contributed by atoms with Crippen LogP contribution in [0, 0.1) is 0 Å². The lowest BCUT2D eigenvalue weighted by atomic mass is 10.2. The van der Waals surface area contributed by atoms with Gasteiger partial charge in [-0.15, -0.1) is 11.3 Å². The second kappa shape index (κ2) is 6.95. The fraction of sp³-hybridized carbons (Fsp3) is 0.167. The highest BCUT2D eigenvalue weighted by Crippen LogP contribution is 2.29. The van der Waals surface area contributed by atoms with Crippen LogP contribution in [0.4, 0.5) is 0 Å². The van der Waals surface area contributed by atoms with Crippen molar-refractivity contribution < 1.29 is 8.42 Å². The summed E-state index contributed by atoms with van der Waals surface area (Å²) in [6.45, 7) is 0.291. The van der Waals surface area contributed by atoms with E-state index < -0.39 is 10.0 Å². The molecule has 0 aliphatic carbocycles. The molecule has 2 rings (SSSR count). The first-order valence-electron chi connectivity index (χ1n) is 5.75. The van der Waals surface area contributed by atoms with E-state index >= 15 is 0 Å². The van der Waals surface area contributed by atoms with Crippen LogP contribution in [0.3, 0.4) is 0 Å². The van der Waals surface area contributed by atoms with E-state index in [4.69, 9.17) is 28.9 Å². The Bertz CT molecular complexity index is 763. The third kappa shape index (κ3) is 4.19. The molecule has 2 aromatic rings. The molecule has 0 saturated carbocycles. The third-order valence-electron chi connectivity index (χ3n) is 2.65.